The van der Waals surface area contributed by atoms with E-state index in [0.717, 1.165) is 18.9 Å². The molecule has 3 aromatic rings. The number of nitrogen functional groups attached to an aromatic ring is 1. The first-order valence-corrected chi connectivity index (χ1v) is 7.73. The van der Waals surface area contributed by atoms with Crippen molar-refractivity contribution in [2.75, 3.05) is 23.7 Å². The smallest absolute Gasteiger partial charge is 0.222 e. The predicted octanol–water partition coefficient (Wildman–Crippen LogP) is 2.43. The van der Waals surface area contributed by atoms with Gasteiger partial charge in [0.2, 0.25) is 5.95 Å². The monoisotopic (exact) mass is 335 g/mol. The summed E-state index contributed by atoms with van der Waals surface area (Å²) < 4.78 is 5.95. The summed E-state index contributed by atoms with van der Waals surface area (Å²) in [5.74, 6) is 0.936. The van der Waals surface area contributed by atoms with E-state index in [-0.39, 0.29) is 5.95 Å². The van der Waals surface area contributed by atoms with Crippen LogP contribution < -0.4 is 16.0 Å². The molecule has 3 N–H and O–H groups in total. The molecule has 2 aromatic heterocycles. The highest BCUT2D eigenvalue weighted by Gasteiger charge is 2.47. The van der Waals surface area contributed by atoms with Gasteiger partial charge in [0.05, 0.1) is 21.5 Å². The molecule has 1 aromatic carbocycles. The highest BCUT2D eigenvalue weighted by atomic mass is 35.5. The van der Waals surface area contributed by atoms with Crippen LogP contribution in [-0.2, 0) is 0 Å². The zero-order valence-electron chi connectivity index (χ0n) is 11.3. The van der Waals surface area contributed by atoms with Crippen molar-refractivity contribution in [3.63, 3.8) is 0 Å². The van der Waals surface area contributed by atoms with E-state index in [1.54, 1.807) is 12.1 Å². The number of fused-ring (bicyclic) bond motifs is 4. The molecule has 2 fully saturated rings. The minimum absolute atomic E-state index is 0.206. The fourth-order valence-electron chi connectivity index (χ4n) is 3.22. The molecule has 112 valence electrons. The maximum atomic E-state index is 6.32. The number of furan rings is 1. The molecule has 0 aliphatic carbocycles. The summed E-state index contributed by atoms with van der Waals surface area (Å²) in [6.45, 7) is 1.84. The Balaban J connectivity index is 1.82. The van der Waals surface area contributed by atoms with Crippen LogP contribution in [0.1, 0.15) is 0 Å². The van der Waals surface area contributed by atoms with E-state index < -0.39 is 0 Å². The van der Waals surface area contributed by atoms with Gasteiger partial charge in [0.1, 0.15) is 11.1 Å². The lowest BCUT2D eigenvalue weighted by Gasteiger charge is -2.56. The fraction of sp³-hybridized carbons (Fsp3) is 0.286. The van der Waals surface area contributed by atoms with E-state index >= 15 is 0 Å². The molecule has 0 saturated carbocycles. The second-order valence-electron chi connectivity index (χ2n) is 5.65. The highest BCUT2D eigenvalue weighted by Crippen LogP contribution is 2.42. The molecule has 6 nitrogen and oxygen atoms in total. The molecule has 5 rings (SSSR count). The average molecular weight is 336 g/mol. The number of benzene rings is 1. The van der Waals surface area contributed by atoms with E-state index in [9.17, 15) is 0 Å². The van der Waals surface area contributed by atoms with Crippen molar-refractivity contribution in [2.24, 2.45) is 0 Å². The summed E-state index contributed by atoms with van der Waals surface area (Å²) in [6.07, 6.45) is 0. The molecular formula is C14H11Cl2N5O. The Morgan fingerprint density at radius 2 is 2.18 bits per heavy atom. The number of halogens is 2. The van der Waals surface area contributed by atoms with Crippen molar-refractivity contribution in [3.05, 3.63) is 22.2 Å². The molecule has 2 aliphatic rings. The zero-order chi connectivity index (χ0) is 15.0. The molecule has 8 heteroatoms. The second-order valence-corrected chi connectivity index (χ2v) is 6.44. The summed E-state index contributed by atoms with van der Waals surface area (Å²) >= 11 is 12.4. The van der Waals surface area contributed by atoms with Crippen molar-refractivity contribution in [1.82, 2.24) is 15.3 Å². The lowest BCUT2D eigenvalue weighted by molar-refractivity contribution is 0.212. The fourth-order valence-corrected chi connectivity index (χ4v) is 3.62. The Bertz CT molecular complexity index is 940. The van der Waals surface area contributed by atoms with Crippen LogP contribution in [0.2, 0.25) is 10.0 Å². The summed E-state index contributed by atoms with van der Waals surface area (Å²) in [6, 6.07) is 4.48. The minimum Gasteiger partial charge on any atom is -0.450 e. The van der Waals surface area contributed by atoms with Gasteiger partial charge in [-0.25, -0.2) is 4.98 Å². The first-order chi connectivity index (χ1) is 10.6. The number of nitrogens with one attached hydrogen (secondary N) is 1. The van der Waals surface area contributed by atoms with Crippen LogP contribution in [0.15, 0.2) is 16.5 Å². The third-order valence-corrected chi connectivity index (χ3v) is 5.29. The SMILES string of the molecule is Nc1nc(N2C[C@H]3NCC32)c2oc3ccc(Cl)c(Cl)c3c2n1. The quantitative estimate of drug-likeness (QED) is 0.710. The van der Waals surface area contributed by atoms with Crippen molar-refractivity contribution in [1.29, 1.82) is 0 Å². The van der Waals surface area contributed by atoms with Gasteiger partial charge in [-0.15, -0.1) is 0 Å². The van der Waals surface area contributed by atoms with Crippen LogP contribution in [-0.4, -0.2) is 35.1 Å². The van der Waals surface area contributed by atoms with E-state index in [4.69, 9.17) is 33.4 Å². The van der Waals surface area contributed by atoms with E-state index in [0.29, 0.717) is 44.2 Å². The lowest BCUT2D eigenvalue weighted by atomic mass is 9.89. The molecule has 2 atom stereocenters. The minimum atomic E-state index is 0.206. The zero-order valence-corrected chi connectivity index (χ0v) is 12.8. The third kappa shape index (κ3) is 1.49. The van der Waals surface area contributed by atoms with Crippen LogP contribution in [0.5, 0.6) is 0 Å². The largest absolute Gasteiger partial charge is 0.450 e. The van der Waals surface area contributed by atoms with Gasteiger partial charge in [0.25, 0.3) is 0 Å². The molecule has 2 aliphatic heterocycles. The highest BCUT2D eigenvalue weighted by molar-refractivity contribution is 6.46. The molecule has 0 radical (unpaired) electrons. The molecule has 1 unspecified atom stereocenters. The molecule has 0 spiro atoms. The molecule has 4 heterocycles. The molecule has 22 heavy (non-hydrogen) atoms. The molecule has 0 amide bonds. The van der Waals surface area contributed by atoms with Crippen molar-refractivity contribution < 1.29 is 4.42 Å². The van der Waals surface area contributed by atoms with Crippen LogP contribution in [0, 0.1) is 0 Å². The summed E-state index contributed by atoms with van der Waals surface area (Å²) in [4.78, 5) is 10.9. The van der Waals surface area contributed by atoms with E-state index in [1.165, 1.54) is 0 Å². The number of piperazine rings is 1. The van der Waals surface area contributed by atoms with Crippen LogP contribution in [0.25, 0.3) is 22.1 Å². The molecule has 2 saturated heterocycles. The van der Waals surface area contributed by atoms with E-state index in [1.807, 2.05) is 0 Å². The Morgan fingerprint density at radius 1 is 1.32 bits per heavy atom. The normalized spacial score (nSPS) is 23.5. The van der Waals surface area contributed by atoms with Crippen molar-refractivity contribution in [3.8, 4) is 0 Å². The lowest BCUT2D eigenvalue weighted by Crippen LogP contribution is -2.78. The Hall–Kier alpha value is -1.76. The Labute approximate surface area is 135 Å². The average Bonchev–Trinajstić information content (AvgIpc) is 2.84. The second kappa shape index (κ2) is 4.16. The Kier molecular flexibility index (Phi) is 2.41. The van der Waals surface area contributed by atoms with Gasteiger partial charge in [0.15, 0.2) is 11.4 Å². The van der Waals surface area contributed by atoms with Gasteiger partial charge in [0, 0.05) is 19.1 Å². The molecule has 0 bridgehead atoms. The van der Waals surface area contributed by atoms with Crippen LogP contribution in [0.4, 0.5) is 11.8 Å². The van der Waals surface area contributed by atoms with Crippen molar-refractivity contribution in [2.45, 2.75) is 12.1 Å². The molecular weight excluding hydrogens is 325 g/mol. The van der Waals surface area contributed by atoms with Crippen LogP contribution >= 0.6 is 23.2 Å². The van der Waals surface area contributed by atoms with Gasteiger partial charge in [-0.2, -0.15) is 4.98 Å². The standard InChI is InChI=1S/C14H11Cl2N5O/c15-5-1-2-8-9(10(5)16)11-12(22-8)13(20-14(17)19-11)21-4-6-7(21)3-18-6/h1-2,6-7,18H,3-4H2,(H2,17,19,20)/t6-,7?/m1/s1. The van der Waals surface area contributed by atoms with Gasteiger partial charge in [-0.1, -0.05) is 23.2 Å². The summed E-state index contributed by atoms with van der Waals surface area (Å²) in [7, 11) is 0. The number of nitrogens with two attached hydrogens (primary N) is 1. The number of hydrogen-bond acceptors (Lipinski definition) is 6. The van der Waals surface area contributed by atoms with Gasteiger partial charge in [-0.05, 0) is 12.1 Å². The van der Waals surface area contributed by atoms with Crippen LogP contribution in [0.3, 0.4) is 0 Å². The van der Waals surface area contributed by atoms with Gasteiger partial charge in [-0.3, -0.25) is 0 Å². The van der Waals surface area contributed by atoms with Gasteiger partial charge >= 0.3 is 0 Å². The third-order valence-electron chi connectivity index (χ3n) is 4.49. The number of nitrogens with zero attached hydrogens (tertiary/aromatic N) is 3. The number of rotatable bonds is 1. The number of anilines is 2. The topological polar surface area (TPSA) is 80.2 Å². The predicted molar refractivity (Wildman–Crippen MR) is 86.7 cm³/mol. The number of aromatic nitrogens is 2. The maximum Gasteiger partial charge on any atom is 0.222 e. The first-order valence-electron chi connectivity index (χ1n) is 6.97. The summed E-state index contributed by atoms with van der Waals surface area (Å²) in [5, 5.41) is 4.93. The van der Waals surface area contributed by atoms with Crippen molar-refractivity contribution >= 4 is 57.0 Å². The first kappa shape index (κ1) is 12.8. The summed E-state index contributed by atoms with van der Waals surface area (Å²) in [5.41, 5.74) is 7.75. The number of hydrogen-bond donors (Lipinski definition) is 2. The maximum absolute atomic E-state index is 6.32. The van der Waals surface area contributed by atoms with E-state index in [2.05, 4.69) is 20.2 Å². The Morgan fingerprint density at radius 3 is 2.86 bits per heavy atom. The van der Waals surface area contributed by atoms with Gasteiger partial charge < -0.3 is 20.4 Å².